The lowest BCUT2D eigenvalue weighted by molar-refractivity contribution is -0.119. The monoisotopic (exact) mass is 469 g/mol. The van der Waals surface area contributed by atoms with Crippen LogP contribution in [0.2, 0.25) is 10.0 Å². The van der Waals surface area contributed by atoms with Crippen molar-refractivity contribution >= 4 is 46.8 Å². The van der Waals surface area contributed by atoms with E-state index in [-0.39, 0.29) is 23.4 Å². The van der Waals surface area contributed by atoms with E-state index in [0.29, 0.717) is 39.9 Å². The third-order valence-electron chi connectivity index (χ3n) is 5.00. The zero-order valence-electron chi connectivity index (χ0n) is 16.8. The number of benzene rings is 1. The van der Waals surface area contributed by atoms with E-state index in [1.54, 1.807) is 12.1 Å². The average molecular weight is 470 g/mol. The van der Waals surface area contributed by atoms with E-state index in [4.69, 9.17) is 23.2 Å². The van der Waals surface area contributed by atoms with E-state index < -0.39 is 0 Å². The first kappa shape index (κ1) is 22.9. The average Bonchev–Trinajstić information content (AvgIpc) is 3.13. The number of halogens is 2. The van der Waals surface area contributed by atoms with Gasteiger partial charge in [-0.05, 0) is 38.0 Å². The summed E-state index contributed by atoms with van der Waals surface area (Å²) < 4.78 is 1.89. The Morgan fingerprint density at radius 2 is 1.97 bits per heavy atom. The number of amides is 2. The van der Waals surface area contributed by atoms with Crippen LogP contribution in [0.15, 0.2) is 23.4 Å². The second-order valence-electron chi connectivity index (χ2n) is 7.14. The Hall–Kier alpha value is -1.77. The number of thioether (sulfide) groups is 1. The van der Waals surface area contributed by atoms with E-state index in [9.17, 15) is 9.59 Å². The Balaban J connectivity index is 1.54. The molecule has 1 aliphatic carbocycles. The highest BCUT2D eigenvalue weighted by atomic mass is 35.5. The van der Waals surface area contributed by atoms with Gasteiger partial charge in [0.15, 0.2) is 11.0 Å². The topological polar surface area (TPSA) is 88.9 Å². The molecule has 10 heteroatoms. The molecule has 0 spiro atoms. The summed E-state index contributed by atoms with van der Waals surface area (Å²) in [5, 5.41) is 15.7. The molecule has 2 N–H and O–H groups in total. The fraction of sp³-hybridized carbons (Fsp3) is 0.500. The summed E-state index contributed by atoms with van der Waals surface area (Å²) in [4.78, 5) is 24.7. The van der Waals surface area contributed by atoms with Gasteiger partial charge >= 0.3 is 0 Å². The molecule has 30 heavy (non-hydrogen) atoms. The molecule has 1 heterocycles. The van der Waals surface area contributed by atoms with Gasteiger partial charge in [-0.2, -0.15) is 0 Å². The molecular weight excluding hydrogens is 445 g/mol. The number of carbonyl (C=O) groups excluding carboxylic acids is 2. The summed E-state index contributed by atoms with van der Waals surface area (Å²) in [5.41, 5.74) is 0.345. The van der Waals surface area contributed by atoms with Gasteiger partial charge in [0.05, 0.1) is 22.9 Å². The van der Waals surface area contributed by atoms with Crippen LogP contribution in [0.3, 0.4) is 0 Å². The minimum absolute atomic E-state index is 0.0183. The first-order chi connectivity index (χ1) is 14.5. The van der Waals surface area contributed by atoms with Gasteiger partial charge in [-0.3, -0.25) is 9.59 Å². The number of carbonyl (C=O) groups is 2. The minimum Gasteiger partial charge on any atom is -0.353 e. The lowest BCUT2D eigenvalue weighted by Crippen LogP contribution is -2.37. The molecule has 0 unspecified atom stereocenters. The van der Waals surface area contributed by atoms with Gasteiger partial charge < -0.3 is 15.2 Å². The van der Waals surface area contributed by atoms with Crippen LogP contribution in [-0.4, -0.2) is 38.4 Å². The predicted molar refractivity (Wildman–Crippen MR) is 119 cm³/mol. The second kappa shape index (κ2) is 11.0. The number of nitrogens with zero attached hydrogens (tertiary/aromatic N) is 3. The Morgan fingerprint density at radius 1 is 1.20 bits per heavy atom. The van der Waals surface area contributed by atoms with Crippen LogP contribution in [0.5, 0.6) is 0 Å². The summed E-state index contributed by atoms with van der Waals surface area (Å²) in [6.07, 6.45) is 5.73. The fourth-order valence-corrected chi connectivity index (χ4v) is 4.78. The number of rotatable bonds is 8. The largest absolute Gasteiger partial charge is 0.353 e. The predicted octanol–water partition coefficient (Wildman–Crippen LogP) is 4.08. The molecule has 1 fully saturated rings. The first-order valence-electron chi connectivity index (χ1n) is 10.1. The highest BCUT2D eigenvalue weighted by Crippen LogP contribution is 2.22. The van der Waals surface area contributed by atoms with Crippen LogP contribution in [0.25, 0.3) is 0 Å². The first-order valence-corrected chi connectivity index (χ1v) is 11.8. The smallest absolute Gasteiger partial charge is 0.253 e. The zero-order valence-corrected chi connectivity index (χ0v) is 19.1. The summed E-state index contributed by atoms with van der Waals surface area (Å²) in [6.45, 7) is 2.80. The van der Waals surface area contributed by atoms with Crippen molar-refractivity contribution in [1.29, 1.82) is 0 Å². The van der Waals surface area contributed by atoms with E-state index >= 15 is 0 Å². The number of hydrogen-bond acceptors (Lipinski definition) is 5. The third-order valence-corrected chi connectivity index (χ3v) is 6.51. The van der Waals surface area contributed by atoms with Crippen LogP contribution in [-0.2, 0) is 17.9 Å². The Kier molecular flexibility index (Phi) is 8.41. The van der Waals surface area contributed by atoms with Crippen molar-refractivity contribution in [3.05, 3.63) is 39.6 Å². The molecule has 0 saturated heterocycles. The number of nitrogens with one attached hydrogen (secondary N) is 2. The fourth-order valence-electron chi connectivity index (χ4n) is 3.45. The molecule has 2 amide bonds. The zero-order chi connectivity index (χ0) is 21.5. The lowest BCUT2D eigenvalue weighted by atomic mass is 9.95. The van der Waals surface area contributed by atoms with Crippen molar-refractivity contribution in [2.24, 2.45) is 0 Å². The van der Waals surface area contributed by atoms with E-state index in [2.05, 4.69) is 20.8 Å². The van der Waals surface area contributed by atoms with Crippen molar-refractivity contribution < 1.29 is 9.59 Å². The minimum atomic E-state index is -0.316. The van der Waals surface area contributed by atoms with Crippen LogP contribution in [0.4, 0.5) is 0 Å². The van der Waals surface area contributed by atoms with Crippen LogP contribution < -0.4 is 10.6 Å². The van der Waals surface area contributed by atoms with Gasteiger partial charge in [0, 0.05) is 17.6 Å². The Bertz CT molecular complexity index is 899. The standard InChI is InChI=1S/C20H25Cl2N5O2S/c1-2-27-17(11-23-19(29)15-9-8-13(21)10-16(15)22)25-26-20(27)30-12-18(28)24-14-6-4-3-5-7-14/h8-10,14H,2-7,11-12H2,1H3,(H,23,29)(H,24,28). The maximum absolute atomic E-state index is 12.4. The molecule has 0 atom stereocenters. The van der Waals surface area contributed by atoms with Crippen molar-refractivity contribution in [3.8, 4) is 0 Å². The molecule has 0 radical (unpaired) electrons. The third kappa shape index (κ3) is 6.12. The normalized spacial score (nSPS) is 14.5. The summed E-state index contributed by atoms with van der Waals surface area (Å²) in [6, 6.07) is 5.02. The maximum atomic E-state index is 12.4. The van der Waals surface area contributed by atoms with E-state index in [0.717, 1.165) is 12.8 Å². The molecule has 1 aliphatic rings. The summed E-state index contributed by atoms with van der Waals surface area (Å²) in [5.74, 6) is 0.612. The van der Waals surface area contributed by atoms with Crippen LogP contribution >= 0.6 is 35.0 Å². The quantitative estimate of drug-likeness (QED) is 0.568. The SMILES string of the molecule is CCn1c(CNC(=O)c2ccc(Cl)cc2Cl)nnc1SCC(=O)NC1CCCCC1. The highest BCUT2D eigenvalue weighted by Gasteiger charge is 2.18. The van der Waals surface area contributed by atoms with Gasteiger partial charge in [-0.25, -0.2) is 0 Å². The molecule has 1 aromatic carbocycles. The summed E-state index contributed by atoms with van der Waals surface area (Å²) in [7, 11) is 0. The van der Waals surface area contributed by atoms with E-state index in [1.807, 2.05) is 11.5 Å². The van der Waals surface area contributed by atoms with Crippen molar-refractivity contribution in [2.75, 3.05) is 5.75 Å². The van der Waals surface area contributed by atoms with Crippen LogP contribution in [0, 0.1) is 0 Å². The number of aromatic nitrogens is 3. The molecular formula is C20H25Cl2N5O2S. The molecule has 0 bridgehead atoms. The molecule has 162 valence electrons. The van der Waals surface area contributed by atoms with Crippen molar-refractivity contribution in [1.82, 2.24) is 25.4 Å². The highest BCUT2D eigenvalue weighted by molar-refractivity contribution is 7.99. The van der Waals surface area contributed by atoms with Gasteiger partial charge in [-0.15, -0.1) is 10.2 Å². The van der Waals surface area contributed by atoms with Crippen molar-refractivity contribution in [2.45, 2.75) is 63.3 Å². The van der Waals surface area contributed by atoms with Gasteiger partial charge in [-0.1, -0.05) is 54.2 Å². The van der Waals surface area contributed by atoms with Gasteiger partial charge in [0.1, 0.15) is 0 Å². The molecule has 7 nitrogen and oxygen atoms in total. The molecule has 2 aromatic rings. The van der Waals surface area contributed by atoms with Gasteiger partial charge in [0.25, 0.3) is 5.91 Å². The van der Waals surface area contributed by atoms with Gasteiger partial charge in [0.2, 0.25) is 5.91 Å². The molecule has 1 saturated carbocycles. The molecule has 1 aromatic heterocycles. The Labute approximate surface area is 190 Å². The number of hydrogen-bond donors (Lipinski definition) is 2. The second-order valence-corrected chi connectivity index (χ2v) is 8.93. The van der Waals surface area contributed by atoms with E-state index in [1.165, 1.54) is 37.1 Å². The summed E-state index contributed by atoms with van der Waals surface area (Å²) >= 11 is 13.3. The molecule has 3 rings (SSSR count). The Morgan fingerprint density at radius 3 is 2.67 bits per heavy atom. The maximum Gasteiger partial charge on any atom is 0.253 e. The lowest BCUT2D eigenvalue weighted by Gasteiger charge is -2.22. The van der Waals surface area contributed by atoms with Crippen molar-refractivity contribution in [3.63, 3.8) is 0 Å². The van der Waals surface area contributed by atoms with Crippen LogP contribution in [0.1, 0.15) is 55.2 Å². The molecule has 0 aliphatic heterocycles.